The molecule has 4 rings (SSSR count). The summed E-state index contributed by atoms with van der Waals surface area (Å²) in [6.45, 7) is 7.93. The normalized spacial score (nSPS) is 18.8. The largest absolute Gasteiger partial charge is 0.497 e. The molecule has 2 aromatic rings. The minimum atomic E-state index is -0.189. The van der Waals surface area contributed by atoms with Gasteiger partial charge in [0.1, 0.15) is 11.6 Å². The third kappa shape index (κ3) is 6.50. The Morgan fingerprint density at radius 3 is 2.58 bits per heavy atom. The SMILES string of the molecule is CCNC(=NCc1ccc(N2CCOCC2)c(F)c1)N1CCC(c2ccc(OC)cc2)C1.I. The van der Waals surface area contributed by atoms with Gasteiger partial charge in [0, 0.05) is 38.6 Å². The van der Waals surface area contributed by atoms with E-state index >= 15 is 0 Å². The van der Waals surface area contributed by atoms with Gasteiger partial charge in [0.15, 0.2) is 5.96 Å². The van der Waals surface area contributed by atoms with Crippen LogP contribution < -0.4 is 15.0 Å². The molecule has 0 bridgehead atoms. The van der Waals surface area contributed by atoms with Gasteiger partial charge in [-0.1, -0.05) is 18.2 Å². The van der Waals surface area contributed by atoms with Crippen LogP contribution in [0.15, 0.2) is 47.5 Å². The van der Waals surface area contributed by atoms with Crippen molar-refractivity contribution < 1.29 is 13.9 Å². The molecular formula is C25H34FIN4O2. The van der Waals surface area contributed by atoms with Crippen molar-refractivity contribution in [2.24, 2.45) is 4.99 Å². The van der Waals surface area contributed by atoms with Crippen LogP contribution in [0.4, 0.5) is 10.1 Å². The highest BCUT2D eigenvalue weighted by Gasteiger charge is 2.26. The van der Waals surface area contributed by atoms with Gasteiger partial charge in [-0.15, -0.1) is 24.0 Å². The average molecular weight is 568 g/mol. The first-order valence-electron chi connectivity index (χ1n) is 11.5. The Hall–Kier alpha value is -2.07. The van der Waals surface area contributed by atoms with Gasteiger partial charge in [-0.05, 0) is 48.7 Å². The number of morpholine rings is 1. The van der Waals surface area contributed by atoms with Crippen molar-refractivity contribution in [1.82, 2.24) is 10.2 Å². The van der Waals surface area contributed by atoms with Crippen LogP contribution in [0, 0.1) is 5.82 Å². The van der Waals surface area contributed by atoms with Crippen LogP contribution >= 0.6 is 24.0 Å². The number of hydrogen-bond acceptors (Lipinski definition) is 4. The van der Waals surface area contributed by atoms with Gasteiger partial charge in [-0.25, -0.2) is 9.38 Å². The molecule has 1 N–H and O–H groups in total. The fourth-order valence-electron chi connectivity index (χ4n) is 4.40. The number of halogens is 2. The number of rotatable bonds is 6. The standard InChI is InChI=1S/C25H33FN4O2.HI/c1-3-27-25(30-11-10-21(18-30)20-5-7-22(31-2)8-6-20)28-17-19-4-9-24(23(26)16-19)29-12-14-32-15-13-29;/h4-9,16,21H,3,10-15,17-18H2,1-2H3,(H,27,28);1H. The molecular weight excluding hydrogens is 534 g/mol. The Bertz CT molecular complexity index is 919. The average Bonchev–Trinajstić information content (AvgIpc) is 3.32. The highest BCUT2D eigenvalue weighted by Crippen LogP contribution is 2.28. The molecule has 0 amide bonds. The van der Waals surface area contributed by atoms with Gasteiger partial charge >= 0.3 is 0 Å². The number of likely N-dealkylation sites (tertiary alicyclic amines) is 1. The van der Waals surface area contributed by atoms with E-state index in [9.17, 15) is 4.39 Å². The monoisotopic (exact) mass is 568 g/mol. The van der Waals surface area contributed by atoms with E-state index < -0.39 is 0 Å². The number of hydrogen-bond donors (Lipinski definition) is 1. The molecule has 2 aliphatic rings. The Labute approximate surface area is 213 Å². The summed E-state index contributed by atoms with van der Waals surface area (Å²) in [4.78, 5) is 9.16. The molecule has 2 aromatic carbocycles. The van der Waals surface area contributed by atoms with E-state index in [0.717, 1.165) is 56.4 Å². The van der Waals surface area contributed by atoms with Gasteiger partial charge in [0.25, 0.3) is 0 Å². The number of ether oxygens (including phenoxy) is 2. The van der Waals surface area contributed by atoms with Gasteiger partial charge in [0.2, 0.25) is 0 Å². The number of nitrogens with one attached hydrogen (secondary N) is 1. The van der Waals surface area contributed by atoms with E-state index in [0.29, 0.717) is 31.4 Å². The summed E-state index contributed by atoms with van der Waals surface area (Å²) in [6, 6.07) is 13.8. The van der Waals surface area contributed by atoms with Crippen molar-refractivity contribution in [1.29, 1.82) is 0 Å². The minimum absolute atomic E-state index is 0. The van der Waals surface area contributed by atoms with Gasteiger partial charge in [-0.2, -0.15) is 0 Å². The molecule has 33 heavy (non-hydrogen) atoms. The zero-order valence-electron chi connectivity index (χ0n) is 19.4. The number of nitrogens with zero attached hydrogens (tertiary/aromatic N) is 3. The lowest BCUT2D eigenvalue weighted by atomic mass is 9.98. The molecule has 0 aliphatic carbocycles. The summed E-state index contributed by atoms with van der Waals surface area (Å²) in [5.41, 5.74) is 2.85. The number of aliphatic imine (C=N–C) groups is 1. The summed E-state index contributed by atoms with van der Waals surface area (Å²) in [7, 11) is 1.69. The predicted molar refractivity (Wildman–Crippen MR) is 142 cm³/mol. The van der Waals surface area contributed by atoms with E-state index in [2.05, 4.69) is 29.3 Å². The molecule has 0 saturated carbocycles. The van der Waals surface area contributed by atoms with E-state index in [1.807, 2.05) is 29.2 Å². The molecule has 2 aliphatic heterocycles. The van der Waals surface area contributed by atoms with Crippen LogP contribution in [0.1, 0.15) is 30.4 Å². The third-order valence-corrected chi connectivity index (χ3v) is 6.19. The zero-order valence-corrected chi connectivity index (χ0v) is 21.8. The highest BCUT2D eigenvalue weighted by atomic mass is 127. The first-order valence-corrected chi connectivity index (χ1v) is 11.5. The van der Waals surface area contributed by atoms with Gasteiger partial charge in [-0.3, -0.25) is 0 Å². The molecule has 0 radical (unpaired) electrons. The fraction of sp³-hybridized carbons (Fsp3) is 0.480. The quantitative estimate of drug-likeness (QED) is 0.321. The van der Waals surface area contributed by atoms with Crippen molar-refractivity contribution in [3.63, 3.8) is 0 Å². The van der Waals surface area contributed by atoms with E-state index in [1.165, 1.54) is 5.56 Å². The molecule has 8 heteroatoms. The number of anilines is 1. The lowest BCUT2D eigenvalue weighted by Gasteiger charge is -2.29. The number of methoxy groups -OCH3 is 1. The highest BCUT2D eigenvalue weighted by molar-refractivity contribution is 14.0. The number of benzene rings is 2. The van der Waals surface area contributed by atoms with Crippen molar-refractivity contribution in [3.05, 3.63) is 59.4 Å². The Morgan fingerprint density at radius 2 is 1.91 bits per heavy atom. The van der Waals surface area contributed by atoms with Gasteiger partial charge < -0.3 is 24.6 Å². The molecule has 180 valence electrons. The van der Waals surface area contributed by atoms with E-state index in [-0.39, 0.29) is 29.8 Å². The van der Waals surface area contributed by atoms with Crippen molar-refractivity contribution in [3.8, 4) is 5.75 Å². The maximum Gasteiger partial charge on any atom is 0.194 e. The summed E-state index contributed by atoms with van der Waals surface area (Å²) in [5, 5.41) is 3.40. The van der Waals surface area contributed by atoms with Crippen LogP contribution in [-0.2, 0) is 11.3 Å². The Morgan fingerprint density at radius 1 is 1.15 bits per heavy atom. The molecule has 1 atom stereocenters. The summed E-state index contributed by atoms with van der Waals surface area (Å²) < 4.78 is 25.4. The summed E-state index contributed by atoms with van der Waals surface area (Å²) in [5.74, 6) is 2.05. The van der Waals surface area contributed by atoms with Crippen molar-refractivity contribution in [2.75, 3.05) is 57.9 Å². The lowest BCUT2D eigenvalue weighted by molar-refractivity contribution is 0.122. The molecule has 0 spiro atoms. The predicted octanol–water partition coefficient (Wildman–Crippen LogP) is 4.24. The molecule has 0 aromatic heterocycles. The molecule has 2 heterocycles. The maximum absolute atomic E-state index is 14.7. The fourth-order valence-corrected chi connectivity index (χ4v) is 4.40. The second kappa shape index (κ2) is 12.4. The number of guanidine groups is 1. The molecule has 2 saturated heterocycles. The van der Waals surface area contributed by atoms with E-state index in [4.69, 9.17) is 14.5 Å². The lowest BCUT2D eigenvalue weighted by Crippen LogP contribution is -2.40. The summed E-state index contributed by atoms with van der Waals surface area (Å²) >= 11 is 0. The summed E-state index contributed by atoms with van der Waals surface area (Å²) in [6.07, 6.45) is 1.08. The minimum Gasteiger partial charge on any atom is -0.497 e. The van der Waals surface area contributed by atoms with Crippen LogP contribution in [0.5, 0.6) is 5.75 Å². The topological polar surface area (TPSA) is 49.3 Å². The molecule has 6 nitrogen and oxygen atoms in total. The van der Waals surface area contributed by atoms with Crippen LogP contribution in [-0.4, -0.2) is 63.9 Å². The second-order valence-electron chi connectivity index (χ2n) is 8.26. The smallest absolute Gasteiger partial charge is 0.194 e. The molecule has 1 unspecified atom stereocenters. The third-order valence-electron chi connectivity index (χ3n) is 6.19. The van der Waals surface area contributed by atoms with Crippen molar-refractivity contribution in [2.45, 2.75) is 25.8 Å². The van der Waals surface area contributed by atoms with E-state index in [1.54, 1.807) is 13.2 Å². The maximum atomic E-state index is 14.7. The van der Waals surface area contributed by atoms with Crippen LogP contribution in [0.3, 0.4) is 0 Å². The Kier molecular flexibility index (Phi) is 9.61. The molecule has 2 fully saturated rings. The zero-order chi connectivity index (χ0) is 22.3. The Balaban J connectivity index is 0.00000306. The van der Waals surface area contributed by atoms with Gasteiger partial charge in [0.05, 0.1) is 32.6 Å². The second-order valence-corrected chi connectivity index (χ2v) is 8.26. The first-order chi connectivity index (χ1) is 15.7. The van der Waals surface area contributed by atoms with Crippen molar-refractivity contribution >= 4 is 35.6 Å². The first kappa shape index (κ1) is 25.6. The van der Waals surface area contributed by atoms with Crippen LogP contribution in [0.2, 0.25) is 0 Å². The van der Waals surface area contributed by atoms with Crippen LogP contribution in [0.25, 0.3) is 0 Å².